The van der Waals surface area contributed by atoms with Crippen molar-refractivity contribution in [2.24, 2.45) is 0 Å². The Morgan fingerprint density at radius 1 is 1.44 bits per heavy atom. The normalized spacial score (nSPS) is 14.3. The SMILES string of the molecule is [2H]c1c([2H])c(C)c(Cl)c(Cl)c1[2H]. The smallest absolute Gasteiger partial charge is 0.0639 e. The average Bonchev–Trinajstić information content (AvgIpc) is 2.08. The van der Waals surface area contributed by atoms with Crippen LogP contribution in [0, 0.1) is 6.92 Å². The fourth-order valence-electron chi connectivity index (χ4n) is 0.454. The lowest BCUT2D eigenvalue weighted by molar-refractivity contribution is 1.47. The molecule has 0 aliphatic rings. The maximum Gasteiger partial charge on any atom is 0.0639 e. The molecule has 1 aromatic rings. The Kier molecular flexibility index (Phi) is 1.11. The molecule has 0 aromatic heterocycles. The quantitative estimate of drug-likeness (QED) is 0.551. The highest BCUT2D eigenvalue weighted by Gasteiger charge is 1.96. The molecule has 0 radical (unpaired) electrons. The molecule has 0 nitrogen and oxygen atoms in total. The van der Waals surface area contributed by atoms with Crippen LogP contribution in [0.2, 0.25) is 10.0 Å². The van der Waals surface area contributed by atoms with E-state index in [0.29, 0.717) is 5.56 Å². The Hall–Kier alpha value is -0.200. The molecule has 0 bridgehead atoms. The van der Waals surface area contributed by atoms with Crippen molar-refractivity contribution in [1.29, 1.82) is 0 Å². The minimum atomic E-state index is -0.183. The van der Waals surface area contributed by atoms with Gasteiger partial charge in [-0.25, -0.2) is 0 Å². The van der Waals surface area contributed by atoms with Crippen molar-refractivity contribution < 1.29 is 4.11 Å². The van der Waals surface area contributed by atoms with Gasteiger partial charge in [-0.15, -0.1) is 0 Å². The Morgan fingerprint density at radius 3 is 2.78 bits per heavy atom. The Morgan fingerprint density at radius 2 is 2.11 bits per heavy atom. The third kappa shape index (κ3) is 1.38. The van der Waals surface area contributed by atoms with Gasteiger partial charge < -0.3 is 0 Å². The van der Waals surface area contributed by atoms with E-state index in [1.165, 1.54) is 0 Å². The third-order valence-electron chi connectivity index (χ3n) is 0.944. The zero-order valence-electron chi connectivity index (χ0n) is 7.76. The van der Waals surface area contributed by atoms with Gasteiger partial charge in [0, 0.05) is 0 Å². The van der Waals surface area contributed by atoms with Crippen LogP contribution in [-0.2, 0) is 0 Å². The van der Waals surface area contributed by atoms with Gasteiger partial charge in [0.25, 0.3) is 0 Å². The molecule has 0 amide bonds. The van der Waals surface area contributed by atoms with Crippen LogP contribution in [0.15, 0.2) is 18.1 Å². The molecular weight excluding hydrogens is 155 g/mol. The molecule has 0 unspecified atom stereocenters. The van der Waals surface area contributed by atoms with Gasteiger partial charge in [-0.05, 0) is 18.5 Å². The first kappa shape index (κ1) is 3.85. The van der Waals surface area contributed by atoms with Crippen LogP contribution in [-0.4, -0.2) is 0 Å². The van der Waals surface area contributed by atoms with E-state index in [1.54, 1.807) is 6.92 Å². The van der Waals surface area contributed by atoms with Gasteiger partial charge in [0.05, 0.1) is 14.2 Å². The van der Waals surface area contributed by atoms with Gasteiger partial charge in [0.1, 0.15) is 0 Å². The summed E-state index contributed by atoms with van der Waals surface area (Å²) in [5.74, 6) is 0. The molecular formula is C7H6Cl2. The largest absolute Gasteiger partial charge is 0.0827 e. The maximum absolute atomic E-state index is 7.37. The molecule has 1 aromatic carbocycles. The first-order valence-electron chi connectivity index (χ1n) is 3.88. The fourth-order valence-corrected chi connectivity index (χ4v) is 0.738. The molecule has 0 N–H and O–H groups in total. The predicted octanol–water partition coefficient (Wildman–Crippen LogP) is 3.30. The summed E-state index contributed by atoms with van der Waals surface area (Å²) in [5, 5.41) is 0.248. The summed E-state index contributed by atoms with van der Waals surface area (Å²) in [4.78, 5) is 0. The van der Waals surface area contributed by atoms with Crippen molar-refractivity contribution in [2.45, 2.75) is 6.92 Å². The number of benzene rings is 1. The second-order valence-electron chi connectivity index (χ2n) is 1.63. The highest BCUT2D eigenvalue weighted by Crippen LogP contribution is 2.24. The third-order valence-corrected chi connectivity index (χ3v) is 1.80. The number of hydrogen-bond donors (Lipinski definition) is 0. The Balaban J connectivity index is 3.60. The van der Waals surface area contributed by atoms with Crippen molar-refractivity contribution >= 4 is 23.2 Å². The lowest BCUT2D eigenvalue weighted by atomic mass is 10.2. The standard InChI is InChI=1S/C7H6Cl2/c1-5-3-2-4-6(8)7(5)9/h2-4H,1H3/i2D,3D,4D. The highest BCUT2D eigenvalue weighted by molar-refractivity contribution is 6.42. The summed E-state index contributed by atoms with van der Waals surface area (Å²) in [7, 11) is 0. The minimum Gasteiger partial charge on any atom is -0.0827 e. The van der Waals surface area contributed by atoms with Crippen molar-refractivity contribution in [3.63, 3.8) is 0 Å². The summed E-state index contributed by atoms with van der Waals surface area (Å²) < 4.78 is 22.0. The van der Waals surface area contributed by atoms with Gasteiger partial charge >= 0.3 is 0 Å². The van der Waals surface area contributed by atoms with Crippen LogP contribution in [0.4, 0.5) is 0 Å². The zero-order valence-corrected chi connectivity index (χ0v) is 6.27. The lowest BCUT2D eigenvalue weighted by Crippen LogP contribution is -1.73. The molecule has 0 fully saturated rings. The van der Waals surface area contributed by atoms with Gasteiger partial charge in [-0.3, -0.25) is 0 Å². The summed E-state index contributed by atoms with van der Waals surface area (Å²) in [6, 6.07) is -0.395. The van der Waals surface area contributed by atoms with Gasteiger partial charge in [0.15, 0.2) is 0 Å². The van der Waals surface area contributed by atoms with E-state index in [0.717, 1.165) is 0 Å². The predicted molar refractivity (Wildman–Crippen MR) is 41.2 cm³/mol. The van der Waals surface area contributed by atoms with Crippen molar-refractivity contribution in [2.75, 3.05) is 0 Å². The van der Waals surface area contributed by atoms with E-state index in [1.807, 2.05) is 0 Å². The van der Waals surface area contributed by atoms with E-state index in [9.17, 15) is 0 Å². The van der Waals surface area contributed by atoms with Gasteiger partial charge in [0.2, 0.25) is 0 Å². The van der Waals surface area contributed by atoms with E-state index in [2.05, 4.69) is 0 Å². The molecule has 0 aliphatic carbocycles. The van der Waals surface area contributed by atoms with E-state index in [-0.39, 0.29) is 28.2 Å². The molecule has 0 saturated carbocycles. The zero-order chi connectivity index (χ0) is 9.46. The van der Waals surface area contributed by atoms with E-state index in [4.69, 9.17) is 27.3 Å². The van der Waals surface area contributed by atoms with E-state index >= 15 is 0 Å². The minimum absolute atomic E-state index is 0.0330. The second kappa shape index (κ2) is 2.59. The van der Waals surface area contributed by atoms with Crippen LogP contribution in [0.1, 0.15) is 9.68 Å². The molecule has 48 valence electrons. The monoisotopic (exact) mass is 163 g/mol. The molecule has 0 spiro atoms. The molecule has 1 rings (SSSR count). The maximum atomic E-state index is 7.37. The van der Waals surface area contributed by atoms with Crippen LogP contribution >= 0.6 is 23.2 Å². The van der Waals surface area contributed by atoms with Crippen molar-refractivity contribution in [1.82, 2.24) is 0 Å². The van der Waals surface area contributed by atoms with Gasteiger partial charge in [-0.1, -0.05) is 35.3 Å². The molecule has 0 aliphatic heterocycles. The van der Waals surface area contributed by atoms with Crippen LogP contribution in [0.5, 0.6) is 0 Å². The van der Waals surface area contributed by atoms with E-state index < -0.39 is 0 Å². The van der Waals surface area contributed by atoms with Crippen LogP contribution in [0.3, 0.4) is 0 Å². The molecule has 2 heteroatoms. The summed E-state index contributed by atoms with van der Waals surface area (Å²) in [5.41, 5.74) is 0.447. The summed E-state index contributed by atoms with van der Waals surface area (Å²) in [6.45, 7) is 1.61. The number of rotatable bonds is 0. The first-order chi connectivity index (χ1) is 5.46. The Bertz CT molecular complexity index is 231. The average molecular weight is 164 g/mol. The summed E-state index contributed by atoms with van der Waals surface area (Å²) >= 11 is 11.3. The topological polar surface area (TPSA) is 0 Å². The van der Waals surface area contributed by atoms with Crippen molar-refractivity contribution in [3.8, 4) is 0 Å². The first-order valence-corrected chi connectivity index (χ1v) is 3.13. The fraction of sp³-hybridized carbons (Fsp3) is 0.143. The Labute approximate surface area is 68.6 Å². The molecule has 0 saturated heterocycles. The van der Waals surface area contributed by atoms with Crippen molar-refractivity contribution in [3.05, 3.63) is 33.7 Å². The number of hydrogen-bond acceptors (Lipinski definition) is 0. The molecule has 9 heavy (non-hydrogen) atoms. The van der Waals surface area contributed by atoms with Gasteiger partial charge in [-0.2, -0.15) is 0 Å². The molecule has 0 heterocycles. The van der Waals surface area contributed by atoms with Crippen LogP contribution < -0.4 is 0 Å². The lowest BCUT2D eigenvalue weighted by Gasteiger charge is -1.96. The van der Waals surface area contributed by atoms with Crippen LogP contribution in [0.25, 0.3) is 0 Å². The molecule has 0 atom stereocenters. The highest BCUT2D eigenvalue weighted by atomic mass is 35.5. The number of halogens is 2. The second-order valence-corrected chi connectivity index (χ2v) is 2.38. The summed E-state index contributed by atoms with van der Waals surface area (Å²) in [6.07, 6.45) is 0.